The quantitative estimate of drug-likeness (QED) is 0.772. The molecule has 0 radical (unpaired) electrons. The molecule has 21 heavy (non-hydrogen) atoms. The van der Waals surface area contributed by atoms with Crippen LogP contribution < -0.4 is 11.1 Å². The standard InChI is InChI=1S/C18H26N2O/c19-17(15-4-2-1-3-5-15)10-11-18(21)20-12-16(13-6-7-13)14-8-9-14/h1-5,13-14,16-17H,6-12,19H2,(H,20,21). The Balaban J connectivity index is 1.38. The third kappa shape index (κ3) is 4.31. The van der Waals surface area contributed by atoms with Crippen LogP contribution in [0.4, 0.5) is 0 Å². The molecule has 3 N–H and O–H groups in total. The summed E-state index contributed by atoms with van der Waals surface area (Å²) in [7, 11) is 0. The van der Waals surface area contributed by atoms with E-state index in [1.165, 1.54) is 25.7 Å². The first-order valence-corrected chi connectivity index (χ1v) is 8.31. The zero-order chi connectivity index (χ0) is 14.7. The van der Waals surface area contributed by atoms with Gasteiger partial charge >= 0.3 is 0 Å². The molecule has 3 nitrogen and oxygen atoms in total. The predicted molar refractivity (Wildman–Crippen MR) is 84.6 cm³/mol. The molecular weight excluding hydrogens is 260 g/mol. The van der Waals surface area contributed by atoms with Crippen LogP contribution in [-0.4, -0.2) is 12.5 Å². The molecular formula is C18H26N2O. The zero-order valence-electron chi connectivity index (χ0n) is 12.6. The molecule has 0 heterocycles. The number of hydrogen-bond donors (Lipinski definition) is 2. The largest absolute Gasteiger partial charge is 0.356 e. The molecule has 1 unspecified atom stereocenters. The second-order valence-electron chi connectivity index (χ2n) is 6.70. The lowest BCUT2D eigenvalue weighted by Crippen LogP contribution is -2.31. The highest BCUT2D eigenvalue weighted by Crippen LogP contribution is 2.48. The van der Waals surface area contributed by atoms with Gasteiger partial charge in [-0.1, -0.05) is 30.3 Å². The van der Waals surface area contributed by atoms with E-state index in [1.807, 2.05) is 30.3 Å². The highest BCUT2D eigenvalue weighted by atomic mass is 16.1. The second kappa shape index (κ2) is 6.61. The molecule has 114 valence electrons. The molecule has 2 fully saturated rings. The molecule has 0 saturated heterocycles. The SMILES string of the molecule is NC(CCC(=O)NCC(C1CC1)C1CC1)c1ccccc1. The summed E-state index contributed by atoms with van der Waals surface area (Å²) in [6.07, 6.45) is 6.73. The van der Waals surface area contributed by atoms with Crippen LogP contribution in [0.5, 0.6) is 0 Å². The zero-order valence-corrected chi connectivity index (χ0v) is 12.6. The maximum Gasteiger partial charge on any atom is 0.220 e. The number of carbonyl (C=O) groups excluding carboxylic acids is 1. The van der Waals surface area contributed by atoms with Gasteiger partial charge in [0.15, 0.2) is 0 Å². The molecule has 3 heteroatoms. The molecule has 0 spiro atoms. The van der Waals surface area contributed by atoms with Crippen molar-refractivity contribution in [2.24, 2.45) is 23.5 Å². The van der Waals surface area contributed by atoms with Crippen LogP contribution in [0.15, 0.2) is 30.3 Å². The topological polar surface area (TPSA) is 55.1 Å². The molecule has 2 aliphatic rings. The van der Waals surface area contributed by atoms with Crippen LogP contribution in [0.2, 0.25) is 0 Å². The van der Waals surface area contributed by atoms with Crippen LogP contribution in [-0.2, 0) is 4.79 Å². The van der Waals surface area contributed by atoms with Gasteiger partial charge in [0.25, 0.3) is 0 Å². The highest BCUT2D eigenvalue weighted by molar-refractivity contribution is 5.75. The van der Waals surface area contributed by atoms with Gasteiger partial charge in [0.05, 0.1) is 0 Å². The molecule has 2 aliphatic carbocycles. The van der Waals surface area contributed by atoms with Gasteiger partial charge in [0.1, 0.15) is 0 Å². The van der Waals surface area contributed by atoms with Crippen molar-refractivity contribution in [2.75, 3.05) is 6.54 Å². The van der Waals surface area contributed by atoms with E-state index >= 15 is 0 Å². The number of carbonyl (C=O) groups is 1. The molecule has 1 aromatic rings. The third-order valence-electron chi connectivity index (χ3n) is 4.90. The number of amides is 1. The van der Waals surface area contributed by atoms with Crippen molar-refractivity contribution >= 4 is 5.91 Å². The average molecular weight is 286 g/mol. The molecule has 1 amide bonds. The minimum absolute atomic E-state index is 0.0420. The first kappa shape index (κ1) is 14.6. The molecule has 2 saturated carbocycles. The van der Waals surface area contributed by atoms with E-state index in [9.17, 15) is 4.79 Å². The average Bonchev–Trinajstić information content (AvgIpc) is 3.38. The van der Waals surface area contributed by atoms with Crippen LogP contribution in [0.1, 0.15) is 50.1 Å². The summed E-state index contributed by atoms with van der Waals surface area (Å²) < 4.78 is 0. The molecule has 1 atom stereocenters. The lowest BCUT2D eigenvalue weighted by atomic mass is 9.97. The number of rotatable bonds is 8. The van der Waals surface area contributed by atoms with Gasteiger partial charge in [-0.05, 0) is 55.4 Å². The molecule has 0 aromatic heterocycles. The highest BCUT2D eigenvalue weighted by Gasteiger charge is 2.41. The summed E-state index contributed by atoms with van der Waals surface area (Å²) in [5, 5.41) is 3.14. The van der Waals surface area contributed by atoms with E-state index in [0.717, 1.165) is 29.9 Å². The Morgan fingerprint density at radius 1 is 1.14 bits per heavy atom. The first-order chi connectivity index (χ1) is 10.2. The van der Waals surface area contributed by atoms with E-state index in [0.29, 0.717) is 12.8 Å². The number of nitrogens with two attached hydrogens (primary N) is 1. The molecule has 0 bridgehead atoms. The van der Waals surface area contributed by atoms with Crippen molar-refractivity contribution in [1.29, 1.82) is 0 Å². The van der Waals surface area contributed by atoms with Crippen LogP contribution >= 0.6 is 0 Å². The Hall–Kier alpha value is -1.35. The van der Waals surface area contributed by atoms with Crippen LogP contribution in [0.25, 0.3) is 0 Å². The van der Waals surface area contributed by atoms with Crippen LogP contribution in [0, 0.1) is 17.8 Å². The summed E-state index contributed by atoms with van der Waals surface area (Å²) in [5.41, 5.74) is 7.25. The lowest BCUT2D eigenvalue weighted by Gasteiger charge is -2.17. The summed E-state index contributed by atoms with van der Waals surface area (Å²) in [6.45, 7) is 0.884. The van der Waals surface area contributed by atoms with Gasteiger partial charge in [-0.3, -0.25) is 4.79 Å². The van der Waals surface area contributed by atoms with Crippen molar-refractivity contribution in [3.63, 3.8) is 0 Å². The van der Waals surface area contributed by atoms with Crippen molar-refractivity contribution in [3.8, 4) is 0 Å². The van der Waals surface area contributed by atoms with Crippen molar-refractivity contribution < 1.29 is 4.79 Å². The second-order valence-corrected chi connectivity index (χ2v) is 6.70. The maximum absolute atomic E-state index is 12.0. The molecule has 1 aromatic carbocycles. The Labute approximate surface area is 127 Å². The number of hydrogen-bond acceptors (Lipinski definition) is 2. The van der Waals surface area contributed by atoms with Gasteiger partial charge in [-0.15, -0.1) is 0 Å². The Morgan fingerprint density at radius 3 is 2.33 bits per heavy atom. The Bertz CT molecular complexity index is 453. The summed E-state index contributed by atoms with van der Waals surface area (Å²) >= 11 is 0. The lowest BCUT2D eigenvalue weighted by molar-refractivity contribution is -0.121. The smallest absolute Gasteiger partial charge is 0.220 e. The Morgan fingerprint density at radius 2 is 1.76 bits per heavy atom. The monoisotopic (exact) mass is 286 g/mol. The van der Waals surface area contributed by atoms with Crippen molar-refractivity contribution in [3.05, 3.63) is 35.9 Å². The minimum Gasteiger partial charge on any atom is -0.356 e. The summed E-state index contributed by atoms with van der Waals surface area (Å²) in [5.74, 6) is 2.69. The van der Waals surface area contributed by atoms with Gasteiger partial charge in [0, 0.05) is 19.0 Å². The van der Waals surface area contributed by atoms with E-state index in [4.69, 9.17) is 5.73 Å². The number of benzene rings is 1. The van der Waals surface area contributed by atoms with Crippen molar-refractivity contribution in [1.82, 2.24) is 5.32 Å². The van der Waals surface area contributed by atoms with E-state index in [1.54, 1.807) is 0 Å². The minimum atomic E-state index is -0.0420. The fourth-order valence-corrected chi connectivity index (χ4v) is 3.24. The predicted octanol–water partition coefficient (Wildman–Crippen LogP) is 3.02. The van der Waals surface area contributed by atoms with E-state index in [-0.39, 0.29) is 11.9 Å². The van der Waals surface area contributed by atoms with Gasteiger partial charge in [-0.25, -0.2) is 0 Å². The fraction of sp³-hybridized carbons (Fsp3) is 0.611. The summed E-state index contributed by atoms with van der Waals surface area (Å²) in [4.78, 5) is 12.0. The van der Waals surface area contributed by atoms with Crippen LogP contribution in [0.3, 0.4) is 0 Å². The normalized spacial score (nSPS) is 19.5. The first-order valence-electron chi connectivity index (χ1n) is 8.31. The van der Waals surface area contributed by atoms with Gasteiger partial charge in [-0.2, -0.15) is 0 Å². The van der Waals surface area contributed by atoms with E-state index in [2.05, 4.69) is 5.32 Å². The Kier molecular flexibility index (Phi) is 4.59. The van der Waals surface area contributed by atoms with E-state index < -0.39 is 0 Å². The van der Waals surface area contributed by atoms with Crippen molar-refractivity contribution in [2.45, 2.75) is 44.6 Å². The maximum atomic E-state index is 12.0. The molecule has 3 rings (SSSR count). The third-order valence-corrected chi connectivity index (χ3v) is 4.90. The number of nitrogens with one attached hydrogen (secondary N) is 1. The van der Waals surface area contributed by atoms with Gasteiger partial charge in [0.2, 0.25) is 5.91 Å². The molecule has 0 aliphatic heterocycles. The fourth-order valence-electron chi connectivity index (χ4n) is 3.24. The summed E-state index contributed by atoms with van der Waals surface area (Å²) in [6, 6.07) is 9.98. The van der Waals surface area contributed by atoms with Gasteiger partial charge < -0.3 is 11.1 Å².